The van der Waals surface area contributed by atoms with Crippen LogP contribution in [0.1, 0.15) is 38.8 Å². The summed E-state index contributed by atoms with van der Waals surface area (Å²) in [6, 6.07) is -5.24. The number of nitrogens with one attached hydrogen (secondary N) is 4. The number of aliphatic carboxylic acids is 2. The Morgan fingerprint density at radius 2 is 1.63 bits per heavy atom. The number of imidazole rings is 1. The number of aromatic amines is 1. The molecule has 0 aliphatic rings. The number of rotatable bonds is 15. The van der Waals surface area contributed by atoms with Crippen LogP contribution in [0.2, 0.25) is 0 Å². The molecule has 15 nitrogen and oxygen atoms in total. The number of carboxylic acids is 2. The molecule has 194 valence electrons. The zero-order valence-corrected chi connectivity index (χ0v) is 19.3. The first-order valence-corrected chi connectivity index (χ1v) is 10.7. The van der Waals surface area contributed by atoms with Crippen LogP contribution >= 0.6 is 0 Å². The minimum atomic E-state index is -1.59. The summed E-state index contributed by atoms with van der Waals surface area (Å²) in [6.45, 7) is 3.19. The summed E-state index contributed by atoms with van der Waals surface area (Å²) < 4.78 is 0. The summed E-state index contributed by atoms with van der Waals surface area (Å²) in [6.07, 6.45) is 1.57. The molecule has 4 amide bonds. The zero-order valence-electron chi connectivity index (χ0n) is 19.3. The Morgan fingerprint density at radius 1 is 1.00 bits per heavy atom. The van der Waals surface area contributed by atoms with Crippen LogP contribution in [-0.2, 0) is 35.2 Å². The third kappa shape index (κ3) is 10.2. The maximum absolute atomic E-state index is 13.0. The first-order valence-electron chi connectivity index (χ1n) is 10.7. The summed E-state index contributed by atoms with van der Waals surface area (Å²) in [4.78, 5) is 78.0. The van der Waals surface area contributed by atoms with Gasteiger partial charge < -0.3 is 42.6 Å². The van der Waals surface area contributed by atoms with Crippen LogP contribution in [-0.4, -0.2) is 79.9 Å². The lowest BCUT2D eigenvalue weighted by atomic mass is 10.0. The summed E-state index contributed by atoms with van der Waals surface area (Å²) in [5.41, 5.74) is 11.2. The Bertz CT molecular complexity index is 919. The normalized spacial score (nSPS) is 14.3. The van der Waals surface area contributed by atoms with Crippen LogP contribution in [0.25, 0.3) is 0 Å². The SMILES string of the molecule is CC(C)C(NC(=O)C(Cc1cnc[nH]1)NC(=O)C(N)CCC(=O)O)C(=O)NC(CC(N)=O)C(=O)O. The van der Waals surface area contributed by atoms with Gasteiger partial charge in [-0.05, 0) is 12.3 Å². The molecule has 1 heterocycles. The number of hydrogen-bond acceptors (Lipinski definition) is 8. The summed E-state index contributed by atoms with van der Waals surface area (Å²) in [7, 11) is 0. The van der Waals surface area contributed by atoms with Crippen molar-refractivity contribution in [3.8, 4) is 0 Å². The van der Waals surface area contributed by atoms with E-state index >= 15 is 0 Å². The number of carbonyl (C=O) groups is 6. The largest absolute Gasteiger partial charge is 0.481 e. The van der Waals surface area contributed by atoms with Gasteiger partial charge in [-0.25, -0.2) is 9.78 Å². The standard InChI is InChI=1S/C20H31N7O8/c1-9(2)16(19(33)26-13(20(34)35)6-14(22)28)27-18(32)12(5-10-7-23-8-24-10)25-17(31)11(21)3-4-15(29)30/h7-9,11-13,16H,3-6,21H2,1-2H3,(H2,22,28)(H,23,24)(H,25,31)(H,26,33)(H,27,32)(H,29,30)(H,34,35). The highest BCUT2D eigenvalue weighted by Crippen LogP contribution is 2.07. The summed E-state index contributed by atoms with van der Waals surface area (Å²) >= 11 is 0. The van der Waals surface area contributed by atoms with E-state index < -0.39 is 72.1 Å². The van der Waals surface area contributed by atoms with E-state index in [0.717, 1.165) is 0 Å². The zero-order chi connectivity index (χ0) is 26.7. The molecule has 15 heteroatoms. The highest BCUT2D eigenvalue weighted by molar-refractivity contribution is 5.95. The second kappa shape index (κ2) is 13.6. The fourth-order valence-corrected chi connectivity index (χ4v) is 2.97. The molecule has 0 bridgehead atoms. The molecule has 0 saturated heterocycles. The smallest absolute Gasteiger partial charge is 0.326 e. The first kappa shape index (κ1) is 29.0. The molecule has 0 aliphatic heterocycles. The van der Waals surface area contributed by atoms with Crippen LogP contribution in [0, 0.1) is 5.92 Å². The Balaban J connectivity index is 3.01. The lowest BCUT2D eigenvalue weighted by molar-refractivity contribution is -0.144. The Labute approximate surface area is 200 Å². The number of H-pyrrole nitrogens is 1. The van der Waals surface area contributed by atoms with Crippen LogP contribution in [0.15, 0.2) is 12.5 Å². The van der Waals surface area contributed by atoms with Gasteiger partial charge in [0.1, 0.15) is 18.1 Å². The molecule has 0 radical (unpaired) electrons. The second-order valence-electron chi connectivity index (χ2n) is 8.18. The fraction of sp³-hybridized carbons (Fsp3) is 0.550. The van der Waals surface area contributed by atoms with Crippen molar-refractivity contribution in [3.63, 3.8) is 0 Å². The van der Waals surface area contributed by atoms with E-state index in [9.17, 15) is 33.9 Å². The van der Waals surface area contributed by atoms with Crippen molar-refractivity contribution in [1.82, 2.24) is 25.9 Å². The number of carbonyl (C=O) groups excluding carboxylic acids is 4. The van der Waals surface area contributed by atoms with E-state index in [1.165, 1.54) is 12.5 Å². The molecule has 35 heavy (non-hydrogen) atoms. The van der Waals surface area contributed by atoms with E-state index in [1.54, 1.807) is 13.8 Å². The van der Waals surface area contributed by atoms with Gasteiger partial charge in [0.15, 0.2) is 0 Å². The molecule has 4 unspecified atom stereocenters. The number of aromatic nitrogens is 2. The van der Waals surface area contributed by atoms with Gasteiger partial charge in [-0.15, -0.1) is 0 Å². The molecule has 1 aromatic heterocycles. The molecule has 1 rings (SSSR count). The van der Waals surface area contributed by atoms with Gasteiger partial charge in [0.05, 0.1) is 18.8 Å². The van der Waals surface area contributed by atoms with Gasteiger partial charge >= 0.3 is 11.9 Å². The van der Waals surface area contributed by atoms with Crippen LogP contribution in [0.3, 0.4) is 0 Å². The van der Waals surface area contributed by atoms with Crippen LogP contribution in [0.4, 0.5) is 0 Å². The number of nitrogens with two attached hydrogens (primary N) is 2. The van der Waals surface area contributed by atoms with E-state index in [2.05, 4.69) is 25.9 Å². The van der Waals surface area contributed by atoms with Crippen molar-refractivity contribution < 1.29 is 39.0 Å². The van der Waals surface area contributed by atoms with E-state index in [-0.39, 0.29) is 19.3 Å². The Morgan fingerprint density at radius 3 is 2.11 bits per heavy atom. The highest BCUT2D eigenvalue weighted by Gasteiger charge is 2.32. The molecule has 10 N–H and O–H groups in total. The third-order valence-electron chi connectivity index (χ3n) is 4.88. The van der Waals surface area contributed by atoms with Crippen molar-refractivity contribution >= 4 is 35.6 Å². The lowest BCUT2D eigenvalue weighted by Gasteiger charge is -2.26. The van der Waals surface area contributed by atoms with E-state index in [4.69, 9.17) is 16.6 Å². The molecule has 1 aromatic rings. The van der Waals surface area contributed by atoms with Crippen molar-refractivity contribution in [1.29, 1.82) is 0 Å². The number of amides is 4. The number of hydrogen-bond donors (Lipinski definition) is 8. The molecule has 0 spiro atoms. The predicted octanol–water partition coefficient (Wildman–Crippen LogP) is -2.79. The van der Waals surface area contributed by atoms with Gasteiger partial charge in [-0.2, -0.15) is 0 Å². The van der Waals surface area contributed by atoms with Gasteiger partial charge in [-0.3, -0.25) is 24.0 Å². The lowest BCUT2D eigenvalue weighted by Crippen LogP contribution is -2.59. The van der Waals surface area contributed by atoms with Gasteiger partial charge in [-0.1, -0.05) is 13.8 Å². The van der Waals surface area contributed by atoms with Crippen LogP contribution in [0.5, 0.6) is 0 Å². The second-order valence-corrected chi connectivity index (χ2v) is 8.18. The first-order chi connectivity index (χ1) is 16.3. The molecule has 0 aliphatic carbocycles. The molecule has 4 atom stereocenters. The number of carboxylic acid groups (broad SMARTS) is 2. The maximum atomic E-state index is 13.0. The van der Waals surface area contributed by atoms with Gasteiger partial charge in [0, 0.05) is 24.7 Å². The molecule has 0 saturated carbocycles. The minimum absolute atomic E-state index is 0.0604. The van der Waals surface area contributed by atoms with Crippen molar-refractivity contribution in [3.05, 3.63) is 18.2 Å². The summed E-state index contributed by atoms with van der Waals surface area (Å²) in [5, 5.41) is 25.1. The van der Waals surface area contributed by atoms with Crippen molar-refractivity contribution in [2.45, 2.75) is 63.7 Å². The maximum Gasteiger partial charge on any atom is 0.326 e. The number of nitrogens with zero attached hydrogens (tertiary/aromatic N) is 1. The monoisotopic (exact) mass is 497 g/mol. The fourth-order valence-electron chi connectivity index (χ4n) is 2.97. The molecular weight excluding hydrogens is 466 g/mol. The predicted molar refractivity (Wildman–Crippen MR) is 119 cm³/mol. The average Bonchev–Trinajstić information content (AvgIpc) is 3.26. The van der Waals surface area contributed by atoms with Crippen LogP contribution < -0.4 is 27.4 Å². The third-order valence-corrected chi connectivity index (χ3v) is 4.88. The topological polar surface area (TPSA) is 260 Å². The molecular formula is C20H31N7O8. The van der Waals surface area contributed by atoms with Gasteiger partial charge in [0.2, 0.25) is 23.6 Å². The Kier molecular flexibility index (Phi) is 11.3. The quantitative estimate of drug-likeness (QED) is 0.123. The molecule has 0 fully saturated rings. The molecule has 0 aromatic carbocycles. The minimum Gasteiger partial charge on any atom is -0.481 e. The Hall–Kier alpha value is -4.01. The van der Waals surface area contributed by atoms with Crippen molar-refractivity contribution in [2.24, 2.45) is 17.4 Å². The number of primary amides is 1. The van der Waals surface area contributed by atoms with Gasteiger partial charge in [0.25, 0.3) is 0 Å². The van der Waals surface area contributed by atoms with E-state index in [0.29, 0.717) is 5.69 Å². The highest BCUT2D eigenvalue weighted by atomic mass is 16.4. The van der Waals surface area contributed by atoms with E-state index in [1.807, 2.05) is 0 Å². The summed E-state index contributed by atoms with van der Waals surface area (Å²) in [5.74, 6) is -6.50. The average molecular weight is 498 g/mol. The van der Waals surface area contributed by atoms with Crippen molar-refractivity contribution in [2.75, 3.05) is 0 Å².